The van der Waals surface area contributed by atoms with E-state index in [1.165, 1.54) is 30.8 Å². The van der Waals surface area contributed by atoms with Gasteiger partial charge in [-0.3, -0.25) is 14.7 Å². The number of guanidine groups is 1. The molecule has 2 aliphatic rings. The number of aliphatic imine (C=N–C) groups is 1. The third-order valence-electron chi connectivity index (χ3n) is 5.63. The van der Waals surface area contributed by atoms with Gasteiger partial charge in [-0.2, -0.15) is 0 Å². The van der Waals surface area contributed by atoms with Gasteiger partial charge in [0.1, 0.15) is 0 Å². The average molecular weight is 519 g/mol. The van der Waals surface area contributed by atoms with Crippen molar-refractivity contribution < 1.29 is 4.79 Å². The van der Waals surface area contributed by atoms with Crippen LogP contribution in [0.3, 0.4) is 0 Å². The number of thiophene rings is 1. The first-order chi connectivity index (χ1) is 13.2. The molecule has 0 saturated carbocycles. The second-order valence-electron chi connectivity index (χ2n) is 7.58. The predicted molar refractivity (Wildman–Crippen MR) is 128 cm³/mol. The number of rotatable bonds is 6. The molecule has 3 heterocycles. The lowest BCUT2D eigenvalue weighted by atomic mass is 9.97. The summed E-state index contributed by atoms with van der Waals surface area (Å²) in [6.45, 7) is 7.97. The number of hydrogen-bond acceptors (Lipinski definition) is 4. The van der Waals surface area contributed by atoms with Crippen LogP contribution in [-0.4, -0.2) is 67.5 Å². The van der Waals surface area contributed by atoms with Crippen LogP contribution < -0.4 is 10.6 Å². The Kier molecular flexibility index (Phi) is 10.0. The van der Waals surface area contributed by atoms with Gasteiger partial charge in [0, 0.05) is 50.6 Å². The summed E-state index contributed by atoms with van der Waals surface area (Å²) in [5.41, 5.74) is 0. The van der Waals surface area contributed by atoms with Gasteiger partial charge in [0.2, 0.25) is 5.91 Å². The van der Waals surface area contributed by atoms with Crippen LogP contribution in [0.25, 0.3) is 0 Å². The molecule has 2 saturated heterocycles. The summed E-state index contributed by atoms with van der Waals surface area (Å²) >= 11 is 1.85. The summed E-state index contributed by atoms with van der Waals surface area (Å²) in [6.07, 6.45) is 4.05. The van der Waals surface area contributed by atoms with Crippen molar-refractivity contribution in [1.29, 1.82) is 0 Å². The van der Waals surface area contributed by atoms with E-state index in [9.17, 15) is 4.79 Å². The molecule has 1 unspecified atom stereocenters. The minimum atomic E-state index is 0. The Morgan fingerprint density at radius 3 is 2.71 bits per heavy atom. The van der Waals surface area contributed by atoms with Crippen LogP contribution in [0, 0.1) is 5.92 Å². The molecule has 0 spiro atoms. The lowest BCUT2D eigenvalue weighted by molar-refractivity contribution is -0.129. The number of piperidine rings is 1. The van der Waals surface area contributed by atoms with E-state index in [1.54, 1.807) is 0 Å². The van der Waals surface area contributed by atoms with Crippen LogP contribution in [0.15, 0.2) is 22.5 Å². The molecule has 1 aromatic rings. The largest absolute Gasteiger partial charge is 0.356 e. The Balaban J connectivity index is 0.00000280. The lowest BCUT2D eigenvalue weighted by Gasteiger charge is -2.32. The molecule has 158 valence electrons. The maximum atomic E-state index is 11.8. The van der Waals surface area contributed by atoms with Gasteiger partial charge in [-0.25, -0.2) is 0 Å². The Bertz CT molecular complexity index is 616. The Morgan fingerprint density at radius 2 is 2.07 bits per heavy atom. The summed E-state index contributed by atoms with van der Waals surface area (Å²) < 4.78 is 0. The van der Waals surface area contributed by atoms with Crippen molar-refractivity contribution in [1.82, 2.24) is 20.4 Å². The van der Waals surface area contributed by atoms with Gasteiger partial charge < -0.3 is 15.5 Å². The van der Waals surface area contributed by atoms with Crippen LogP contribution in [0.2, 0.25) is 0 Å². The van der Waals surface area contributed by atoms with Crippen molar-refractivity contribution in [3.63, 3.8) is 0 Å². The second kappa shape index (κ2) is 12.0. The highest BCUT2D eigenvalue weighted by atomic mass is 127. The molecule has 0 aromatic carbocycles. The fourth-order valence-corrected chi connectivity index (χ4v) is 4.67. The highest BCUT2D eigenvalue weighted by molar-refractivity contribution is 14.0. The molecule has 28 heavy (non-hydrogen) atoms. The molecule has 2 fully saturated rings. The fourth-order valence-electron chi connectivity index (χ4n) is 3.93. The van der Waals surface area contributed by atoms with Crippen molar-refractivity contribution in [2.24, 2.45) is 10.9 Å². The molecule has 0 radical (unpaired) electrons. The van der Waals surface area contributed by atoms with Crippen LogP contribution in [0.4, 0.5) is 0 Å². The van der Waals surface area contributed by atoms with E-state index < -0.39 is 0 Å². The molecule has 1 amide bonds. The topological polar surface area (TPSA) is 60.0 Å². The van der Waals surface area contributed by atoms with Gasteiger partial charge in [0.25, 0.3) is 0 Å². The van der Waals surface area contributed by atoms with E-state index in [0.717, 1.165) is 38.6 Å². The number of nitrogens with zero attached hydrogens (tertiary/aromatic N) is 3. The van der Waals surface area contributed by atoms with Crippen molar-refractivity contribution in [3.8, 4) is 0 Å². The minimum absolute atomic E-state index is 0. The lowest BCUT2D eigenvalue weighted by Crippen LogP contribution is -2.47. The van der Waals surface area contributed by atoms with Gasteiger partial charge in [-0.05, 0) is 49.7 Å². The van der Waals surface area contributed by atoms with Crippen molar-refractivity contribution >= 4 is 47.2 Å². The molecule has 2 N–H and O–H groups in total. The molecule has 6 nitrogen and oxygen atoms in total. The van der Waals surface area contributed by atoms with E-state index in [1.807, 2.05) is 30.2 Å². The van der Waals surface area contributed by atoms with Gasteiger partial charge in [0.15, 0.2) is 5.96 Å². The fraction of sp³-hybridized carbons (Fsp3) is 0.700. The quantitative estimate of drug-likeness (QED) is 0.345. The van der Waals surface area contributed by atoms with Gasteiger partial charge in [-0.1, -0.05) is 13.0 Å². The third-order valence-corrected chi connectivity index (χ3v) is 6.49. The number of carbonyl (C=O) groups excluding carboxylic acids is 1. The summed E-state index contributed by atoms with van der Waals surface area (Å²) in [4.78, 5) is 22.2. The summed E-state index contributed by atoms with van der Waals surface area (Å²) in [7, 11) is 1.82. The molecular weight excluding hydrogens is 485 g/mol. The smallest absolute Gasteiger partial charge is 0.222 e. The highest BCUT2D eigenvalue weighted by Crippen LogP contribution is 2.20. The van der Waals surface area contributed by atoms with Crippen LogP contribution >= 0.6 is 35.3 Å². The monoisotopic (exact) mass is 519 g/mol. The van der Waals surface area contributed by atoms with E-state index in [-0.39, 0.29) is 29.9 Å². The van der Waals surface area contributed by atoms with E-state index in [4.69, 9.17) is 0 Å². The molecule has 1 aromatic heterocycles. The summed E-state index contributed by atoms with van der Waals surface area (Å²) in [6, 6.07) is 4.67. The first kappa shape index (κ1) is 23.4. The normalized spacial score (nSPS) is 21.4. The van der Waals surface area contributed by atoms with Crippen molar-refractivity contribution in [2.75, 3.05) is 39.8 Å². The van der Waals surface area contributed by atoms with Crippen LogP contribution in [-0.2, 0) is 11.3 Å². The van der Waals surface area contributed by atoms with E-state index >= 15 is 0 Å². The number of likely N-dealkylation sites (tertiary alicyclic amines) is 2. The molecule has 2 aliphatic heterocycles. The SMILES string of the molecule is CCC(=O)N1CCC(NC(=NC)NCC2CCN(Cc3cccs3)CC2)C1.I. The zero-order valence-corrected chi connectivity index (χ0v) is 20.2. The van der Waals surface area contributed by atoms with E-state index in [0.29, 0.717) is 18.4 Å². The first-order valence-electron chi connectivity index (χ1n) is 10.2. The Labute approximate surface area is 190 Å². The minimum Gasteiger partial charge on any atom is -0.356 e. The molecule has 1 atom stereocenters. The molecule has 0 aliphatic carbocycles. The number of amides is 1. The zero-order valence-electron chi connectivity index (χ0n) is 17.0. The third kappa shape index (κ3) is 6.88. The summed E-state index contributed by atoms with van der Waals surface area (Å²) in [5, 5.41) is 9.15. The number of hydrogen-bond donors (Lipinski definition) is 2. The van der Waals surface area contributed by atoms with E-state index in [2.05, 4.69) is 38.0 Å². The Morgan fingerprint density at radius 1 is 1.29 bits per heavy atom. The highest BCUT2D eigenvalue weighted by Gasteiger charge is 2.26. The number of halogens is 1. The zero-order chi connectivity index (χ0) is 19.1. The summed E-state index contributed by atoms with van der Waals surface area (Å²) in [5.74, 6) is 1.81. The molecule has 3 rings (SSSR count). The first-order valence-corrected chi connectivity index (χ1v) is 11.1. The standard InChI is InChI=1S/C20H33N5OS.HI/c1-3-19(26)25-11-8-17(14-25)23-20(21-2)22-13-16-6-9-24(10-7-16)15-18-5-4-12-27-18;/h4-5,12,16-17H,3,6-11,13-15H2,1-2H3,(H2,21,22,23);1H. The average Bonchev–Trinajstić information content (AvgIpc) is 3.37. The molecular formula is C20H34IN5OS. The van der Waals surface area contributed by atoms with Gasteiger partial charge >= 0.3 is 0 Å². The second-order valence-corrected chi connectivity index (χ2v) is 8.61. The number of nitrogens with one attached hydrogen (secondary N) is 2. The van der Waals surface area contributed by atoms with Crippen LogP contribution in [0.1, 0.15) is 37.5 Å². The van der Waals surface area contributed by atoms with Crippen LogP contribution in [0.5, 0.6) is 0 Å². The van der Waals surface area contributed by atoms with Gasteiger partial charge in [0.05, 0.1) is 0 Å². The maximum Gasteiger partial charge on any atom is 0.222 e. The predicted octanol–water partition coefficient (Wildman–Crippen LogP) is 2.75. The maximum absolute atomic E-state index is 11.8. The molecule has 0 bridgehead atoms. The molecule has 8 heteroatoms. The van der Waals surface area contributed by atoms with Crippen molar-refractivity contribution in [2.45, 2.75) is 45.2 Å². The number of carbonyl (C=O) groups is 1. The van der Waals surface area contributed by atoms with Gasteiger partial charge in [-0.15, -0.1) is 35.3 Å². The Hall–Kier alpha value is -0.870. The van der Waals surface area contributed by atoms with Crippen molar-refractivity contribution in [3.05, 3.63) is 22.4 Å².